The Hall–Kier alpha value is -3.02. The van der Waals surface area contributed by atoms with Crippen LogP contribution in [-0.4, -0.2) is 34.1 Å². The van der Waals surface area contributed by atoms with Crippen LogP contribution < -0.4 is 10.6 Å². The summed E-state index contributed by atoms with van der Waals surface area (Å²) in [4.78, 5) is 4.51. The number of anilines is 1. The van der Waals surface area contributed by atoms with Gasteiger partial charge >= 0.3 is 0 Å². The SMILES string of the molecule is CC.Cc1cc2c(C#N)c(-c3ccc(N(O)NC(CF)CF)cn3)n(C3CCCC3)c2cc1C. The fourth-order valence-electron chi connectivity index (χ4n) is 4.48. The zero-order valence-corrected chi connectivity index (χ0v) is 20.3. The molecule has 0 saturated heterocycles. The summed E-state index contributed by atoms with van der Waals surface area (Å²) >= 11 is 0. The van der Waals surface area contributed by atoms with Gasteiger partial charge in [0.2, 0.25) is 0 Å². The van der Waals surface area contributed by atoms with E-state index in [1.807, 2.05) is 20.8 Å². The highest BCUT2D eigenvalue weighted by molar-refractivity contribution is 5.95. The first-order valence-electron chi connectivity index (χ1n) is 11.9. The molecule has 0 amide bonds. The summed E-state index contributed by atoms with van der Waals surface area (Å²) in [5, 5.41) is 21.7. The van der Waals surface area contributed by atoms with E-state index in [0.29, 0.717) is 22.5 Å². The van der Waals surface area contributed by atoms with Gasteiger partial charge in [-0.25, -0.2) is 14.2 Å². The normalized spacial score (nSPS) is 13.7. The van der Waals surface area contributed by atoms with Crippen LogP contribution in [0.5, 0.6) is 0 Å². The molecule has 0 unspecified atom stereocenters. The number of hydrogen-bond acceptors (Lipinski definition) is 5. The van der Waals surface area contributed by atoms with Crippen molar-refractivity contribution in [2.75, 3.05) is 18.5 Å². The number of aromatic nitrogens is 2. The number of benzene rings is 1. The van der Waals surface area contributed by atoms with Crippen LogP contribution in [0, 0.1) is 25.2 Å². The average molecular weight is 470 g/mol. The van der Waals surface area contributed by atoms with E-state index < -0.39 is 19.4 Å². The maximum Gasteiger partial charge on any atom is 0.109 e. The number of hydrazine groups is 1. The summed E-state index contributed by atoms with van der Waals surface area (Å²) in [5.74, 6) is 0. The average Bonchev–Trinajstić information content (AvgIpc) is 3.50. The fraction of sp³-hybridized carbons (Fsp3) is 0.462. The first-order chi connectivity index (χ1) is 16.5. The number of alkyl halides is 2. The number of halogens is 2. The second-order valence-electron chi connectivity index (χ2n) is 8.45. The summed E-state index contributed by atoms with van der Waals surface area (Å²) in [6, 6.07) is 9.10. The molecule has 8 heteroatoms. The van der Waals surface area contributed by atoms with Crippen molar-refractivity contribution in [2.24, 2.45) is 0 Å². The maximum atomic E-state index is 12.8. The predicted octanol–water partition coefficient (Wildman–Crippen LogP) is 6.34. The summed E-state index contributed by atoms with van der Waals surface area (Å²) < 4.78 is 27.8. The Morgan fingerprint density at radius 2 is 1.82 bits per heavy atom. The molecule has 182 valence electrons. The van der Waals surface area contributed by atoms with E-state index in [-0.39, 0.29) is 5.69 Å². The number of nitrogens with one attached hydrogen (secondary N) is 1. The first kappa shape index (κ1) is 25.6. The van der Waals surface area contributed by atoms with E-state index >= 15 is 0 Å². The van der Waals surface area contributed by atoms with Crippen molar-refractivity contribution >= 4 is 16.6 Å². The van der Waals surface area contributed by atoms with E-state index in [4.69, 9.17) is 0 Å². The van der Waals surface area contributed by atoms with Crippen molar-refractivity contribution in [3.8, 4) is 17.5 Å². The minimum atomic E-state index is -1.14. The summed E-state index contributed by atoms with van der Waals surface area (Å²) in [6.07, 6.45) is 5.82. The van der Waals surface area contributed by atoms with Crippen LogP contribution >= 0.6 is 0 Å². The molecule has 2 heterocycles. The molecule has 34 heavy (non-hydrogen) atoms. The number of nitrogens with zero attached hydrogens (tertiary/aromatic N) is 4. The Kier molecular flexibility index (Phi) is 8.59. The molecular formula is C26H33F2N5O. The second kappa shape index (κ2) is 11.4. The summed E-state index contributed by atoms with van der Waals surface area (Å²) in [7, 11) is 0. The minimum absolute atomic E-state index is 0.245. The Balaban J connectivity index is 0.00000158. The van der Waals surface area contributed by atoms with Crippen LogP contribution in [0.25, 0.3) is 22.3 Å². The lowest BCUT2D eigenvalue weighted by molar-refractivity contribution is 0.169. The Bertz CT molecular complexity index is 1140. The topological polar surface area (TPSA) is 77.1 Å². The molecule has 0 bridgehead atoms. The van der Waals surface area contributed by atoms with Gasteiger partial charge in [-0.05, 0) is 62.1 Å². The third-order valence-electron chi connectivity index (χ3n) is 6.33. The van der Waals surface area contributed by atoms with E-state index in [2.05, 4.69) is 40.1 Å². The van der Waals surface area contributed by atoms with Crippen molar-refractivity contribution in [1.82, 2.24) is 15.0 Å². The van der Waals surface area contributed by atoms with Gasteiger partial charge in [-0.2, -0.15) is 10.4 Å². The molecule has 0 aliphatic heterocycles. The van der Waals surface area contributed by atoms with Crippen molar-refractivity contribution in [3.05, 3.63) is 47.2 Å². The lowest BCUT2D eigenvalue weighted by Crippen LogP contribution is -2.45. The number of hydrogen-bond donors (Lipinski definition) is 2. The molecule has 2 aromatic heterocycles. The van der Waals surface area contributed by atoms with Gasteiger partial charge in [-0.15, -0.1) is 0 Å². The molecule has 4 rings (SSSR count). The van der Waals surface area contributed by atoms with E-state index in [9.17, 15) is 19.2 Å². The molecule has 1 aromatic carbocycles. The van der Waals surface area contributed by atoms with Crippen LogP contribution in [0.3, 0.4) is 0 Å². The van der Waals surface area contributed by atoms with E-state index in [1.165, 1.54) is 11.8 Å². The van der Waals surface area contributed by atoms with Crippen LogP contribution in [0.4, 0.5) is 14.5 Å². The third kappa shape index (κ3) is 4.91. The Morgan fingerprint density at radius 3 is 2.38 bits per heavy atom. The van der Waals surface area contributed by atoms with Gasteiger partial charge in [-0.3, -0.25) is 10.2 Å². The van der Waals surface area contributed by atoms with Crippen molar-refractivity contribution in [2.45, 2.75) is 65.5 Å². The highest BCUT2D eigenvalue weighted by Crippen LogP contribution is 2.41. The zero-order valence-electron chi connectivity index (χ0n) is 20.3. The fourth-order valence-corrected chi connectivity index (χ4v) is 4.48. The molecule has 0 spiro atoms. The maximum absolute atomic E-state index is 12.8. The Labute approximate surface area is 199 Å². The lowest BCUT2D eigenvalue weighted by Gasteiger charge is -2.22. The molecule has 0 radical (unpaired) electrons. The molecule has 6 nitrogen and oxygen atoms in total. The van der Waals surface area contributed by atoms with Gasteiger partial charge in [0.1, 0.15) is 25.1 Å². The quantitative estimate of drug-likeness (QED) is 0.395. The molecule has 1 aliphatic rings. The van der Waals surface area contributed by atoms with Crippen LogP contribution in [0.2, 0.25) is 0 Å². The monoisotopic (exact) mass is 469 g/mol. The zero-order chi connectivity index (χ0) is 24.8. The van der Waals surface area contributed by atoms with Crippen LogP contribution in [0.15, 0.2) is 30.5 Å². The second-order valence-corrected chi connectivity index (χ2v) is 8.45. The molecule has 2 N–H and O–H groups in total. The number of rotatable bonds is 7. The van der Waals surface area contributed by atoms with Crippen molar-refractivity contribution in [1.29, 1.82) is 5.26 Å². The number of nitriles is 1. The summed E-state index contributed by atoms with van der Waals surface area (Å²) in [6.45, 7) is 6.21. The molecule has 1 aliphatic carbocycles. The highest BCUT2D eigenvalue weighted by atomic mass is 19.1. The van der Waals surface area contributed by atoms with Gasteiger partial charge in [-0.1, -0.05) is 26.7 Å². The molecule has 0 atom stereocenters. The van der Waals surface area contributed by atoms with E-state index in [0.717, 1.165) is 47.8 Å². The number of aryl methyl sites for hydroxylation is 2. The third-order valence-corrected chi connectivity index (χ3v) is 6.33. The minimum Gasteiger partial charge on any atom is -0.335 e. The summed E-state index contributed by atoms with van der Waals surface area (Å²) in [5.41, 5.74) is 7.91. The molecule has 3 aromatic rings. The van der Waals surface area contributed by atoms with Gasteiger partial charge in [0.05, 0.1) is 34.7 Å². The lowest BCUT2D eigenvalue weighted by atomic mass is 10.0. The highest BCUT2D eigenvalue weighted by Gasteiger charge is 2.27. The van der Waals surface area contributed by atoms with Gasteiger partial charge in [0.25, 0.3) is 0 Å². The smallest absolute Gasteiger partial charge is 0.109 e. The van der Waals surface area contributed by atoms with Crippen LogP contribution in [-0.2, 0) is 0 Å². The van der Waals surface area contributed by atoms with Gasteiger partial charge in [0.15, 0.2) is 0 Å². The number of pyridine rings is 1. The predicted molar refractivity (Wildman–Crippen MR) is 131 cm³/mol. The molecular weight excluding hydrogens is 436 g/mol. The van der Waals surface area contributed by atoms with Gasteiger partial charge < -0.3 is 4.57 Å². The van der Waals surface area contributed by atoms with Gasteiger partial charge in [0, 0.05) is 11.4 Å². The standard InChI is InChI=1S/C24H27F2N5O.C2H6/c1-15-9-20-21(13-27)24(30(18-5-3-4-6-18)23(20)10-16(15)2)22-8-7-19(14-28-22)31(32)29-17(11-25)12-26;1-2/h7-10,14,17-18,29,32H,3-6,11-12H2,1-2H3;1-2H3. The Morgan fingerprint density at radius 1 is 1.18 bits per heavy atom. The largest absolute Gasteiger partial charge is 0.335 e. The van der Waals surface area contributed by atoms with Crippen LogP contribution in [0.1, 0.15) is 62.3 Å². The van der Waals surface area contributed by atoms with Crippen molar-refractivity contribution in [3.63, 3.8) is 0 Å². The van der Waals surface area contributed by atoms with E-state index in [1.54, 1.807) is 12.1 Å². The first-order valence-corrected chi connectivity index (χ1v) is 11.9. The molecule has 1 saturated carbocycles. The van der Waals surface area contributed by atoms with Crippen molar-refractivity contribution < 1.29 is 14.0 Å². The molecule has 1 fully saturated rings. The number of fused-ring (bicyclic) bond motifs is 1.